The number of carbonyl (C=O) groups is 2. The van der Waals surface area contributed by atoms with Crippen molar-refractivity contribution in [1.29, 1.82) is 0 Å². The van der Waals surface area contributed by atoms with Crippen LogP contribution < -0.4 is 5.48 Å². The highest BCUT2D eigenvalue weighted by Crippen LogP contribution is 2.10. The highest BCUT2D eigenvalue weighted by molar-refractivity contribution is 14.1. The maximum absolute atomic E-state index is 11.7. The van der Waals surface area contributed by atoms with Crippen LogP contribution in [-0.2, 0) is 4.84 Å². The van der Waals surface area contributed by atoms with Crippen molar-refractivity contribution in [2.45, 2.75) is 0 Å². The first kappa shape index (κ1) is 14.8. The summed E-state index contributed by atoms with van der Waals surface area (Å²) in [5.41, 5.74) is 2.82. The lowest BCUT2D eigenvalue weighted by atomic mass is 10.2. The number of amides is 1. The standard InChI is InChI=1S/C14H9ClINO3/c15-11-6-4-9(5-7-11)13(18)17-20-14(19)10-2-1-3-12(16)8-10/h1-8H,(H,17,18). The number of benzene rings is 2. The first-order valence-electron chi connectivity index (χ1n) is 5.59. The van der Waals surface area contributed by atoms with Crippen LogP contribution in [-0.4, -0.2) is 11.9 Å². The molecule has 0 bridgehead atoms. The fourth-order valence-electron chi connectivity index (χ4n) is 1.43. The van der Waals surface area contributed by atoms with Gasteiger partial charge in [-0.15, -0.1) is 0 Å². The van der Waals surface area contributed by atoms with Gasteiger partial charge in [0, 0.05) is 14.2 Å². The Labute approximate surface area is 134 Å². The molecule has 0 aliphatic heterocycles. The van der Waals surface area contributed by atoms with Crippen molar-refractivity contribution in [2.75, 3.05) is 0 Å². The summed E-state index contributed by atoms with van der Waals surface area (Å²) >= 11 is 7.81. The molecule has 102 valence electrons. The Morgan fingerprint density at radius 2 is 1.75 bits per heavy atom. The fraction of sp³-hybridized carbons (Fsp3) is 0. The minimum atomic E-state index is -0.620. The van der Waals surface area contributed by atoms with Gasteiger partial charge in [0.15, 0.2) is 0 Å². The number of hydroxylamine groups is 1. The number of carbonyl (C=O) groups excluding carboxylic acids is 2. The predicted molar refractivity (Wildman–Crippen MR) is 83.5 cm³/mol. The minimum Gasteiger partial charge on any atom is -0.335 e. The Bertz CT molecular complexity index is 643. The normalized spacial score (nSPS) is 9.90. The Kier molecular flexibility index (Phi) is 4.97. The lowest BCUT2D eigenvalue weighted by molar-refractivity contribution is 0.0230. The topological polar surface area (TPSA) is 55.4 Å². The number of halogens is 2. The van der Waals surface area contributed by atoms with Gasteiger partial charge in [-0.3, -0.25) is 4.79 Å². The number of nitrogens with one attached hydrogen (secondary N) is 1. The molecule has 1 amide bonds. The molecular weight excluding hydrogens is 393 g/mol. The summed E-state index contributed by atoms with van der Waals surface area (Å²) < 4.78 is 0.904. The number of hydrogen-bond acceptors (Lipinski definition) is 3. The predicted octanol–water partition coefficient (Wildman–Crippen LogP) is 3.45. The molecule has 0 aliphatic carbocycles. The van der Waals surface area contributed by atoms with E-state index in [1.165, 1.54) is 12.1 Å². The van der Waals surface area contributed by atoms with E-state index in [-0.39, 0.29) is 0 Å². The van der Waals surface area contributed by atoms with Crippen molar-refractivity contribution in [3.8, 4) is 0 Å². The summed E-state index contributed by atoms with van der Waals surface area (Å²) in [5.74, 6) is -1.13. The maximum Gasteiger partial charge on any atom is 0.362 e. The second kappa shape index (κ2) is 6.71. The van der Waals surface area contributed by atoms with E-state index in [0.29, 0.717) is 16.1 Å². The van der Waals surface area contributed by atoms with Gasteiger partial charge >= 0.3 is 5.97 Å². The van der Waals surface area contributed by atoms with Crippen LogP contribution in [0.4, 0.5) is 0 Å². The van der Waals surface area contributed by atoms with Crippen LogP contribution in [0.1, 0.15) is 20.7 Å². The first-order chi connectivity index (χ1) is 9.56. The van der Waals surface area contributed by atoms with Gasteiger partial charge in [0.05, 0.1) is 5.56 Å². The molecule has 2 aromatic rings. The van der Waals surface area contributed by atoms with E-state index in [1.54, 1.807) is 30.3 Å². The van der Waals surface area contributed by atoms with Gasteiger partial charge < -0.3 is 4.84 Å². The average molecular weight is 402 g/mol. The van der Waals surface area contributed by atoms with Crippen molar-refractivity contribution in [3.63, 3.8) is 0 Å². The van der Waals surface area contributed by atoms with Gasteiger partial charge in [0.25, 0.3) is 5.91 Å². The minimum absolute atomic E-state index is 0.352. The van der Waals surface area contributed by atoms with E-state index >= 15 is 0 Å². The molecule has 20 heavy (non-hydrogen) atoms. The first-order valence-corrected chi connectivity index (χ1v) is 7.04. The van der Waals surface area contributed by atoms with E-state index in [0.717, 1.165) is 3.57 Å². The van der Waals surface area contributed by atoms with Crippen molar-refractivity contribution in [2.24, 2.45) is 0 Å². The zero-order chi connectivity index (χ0) is 14.5. The highest BCUT2D eigenvalue weighted by atomic mass is 127. The Morgan fingerprint density at radius 3 is 2.40 bits per heavy atom. The third-order valence-electron chi connectivity index (χ3n) is 2.40. The van der Waals surface area contributed by atoms with E-state index in [1.807, 2.05) is 6.07 Å². The van der Waals surface area contributed by atoms with Crippen LogP contribution in [0.3, 0.4) is 0 Å². The van der Waals surface area contributed by atoms with Crippen LogP contribution in [0.2, 0.25) is 5.02 Å². The zero-order valence-electron chi connectivity index (χ0n) is 10.1. The molecule has 0 heterocycles. The molecule has 0 saturated carbocycles. The molecule has 6 heteroatoms. The molecule has 1 N–H and O–H groups in total. The summed E-state index contributed by atoms with van der Waals surface area (Å²) in [5, 5.41) is 0.525. The molecule has 2 aromatic carbocycles. The van der Waals surface area contributed by atoms with Gasteiger partial charge in [-0.05, 0) is 65.1 Å². The Hall–Kier alpha value is -1.60. The Morgan fingerprint density at radius 1 is 1.05 bits per heavy atom. The quantitative estimate of drug-likeness (QED) is 0.619. The van der Waals surface area contributed by atoms with E-state index in [9.17, 15) is 9.59 Å². The second-order valence-corrected chi connectivity index (χ2v) is 5.52. The molecule has 0 spiro atoms. The van der Waals surface area contributed by atoms with Crippen molar-refractivity contribution >= 4 is 46.1 Å². The van der Waals surface area contributed by atoms with Crippen LogP contribution >= 0.6 is 34.2 Å². The summed E-state index contributed by atoms with van der Waals surface area (Å²) in [7, 11) is 0. The van der Waals surface area contributed by atoms with E-state index in [2.05, 4.69) is 28.1 Å². The highest BCUT2D eigenvalue weighted by Gasteiger charge is 2.11. The van der Waals surface area contributed by atoms with Crippen LogP contribution in [0, 0.1) is 3.57 Å². The second-order valence-electron chi connectivity index (χ2n) is 3.84. The average Bonchev–Trinajstić information content (AvgIpc) is 2.45. The molecule has 4 nitrogen and oxygen atoms in total. The Balaban J connectivity index is 1.96. The molecular formula is C14H9ClINO3. The summed E-state index contributed by atoms with van der Waals surface area (Å²) in [6.07, 6.45) is 0. The fourth-order valence-corrected chi connectivity index (χ4v) is 2.10. The summed E-state index contributed by atoms with van der Waals surface area (Å²) in [6.45, 7) is 0. The van der Waals surface area contributed by atoms with Crippen LogP contribution in [0.15, 0.2) is 48.5 Å². The van der Waals surface area contributed by atoms with Crippen LogP contribution in [0.25, 0.3) is 0 Å². The largest absolute Gasteiger partial charge is 0.362 e. The van der Waals surface area contributed by atoms with Crippen LogP contribution in [0.5, 0.6) is 0 Å². The smallest absolute Gasteiger partial charge is 0.335 e. The van der Waals surface area contributed by atoms with Crippen molar-refractivity contribution in [3.05, 3.63) is 68.3 Å². The van der Waals surface area contributed by atoms with Crippen molar-refractivity contribution < 1.29 is 14.4 Å². The third-order valence-corrected chi connectivity index (χ3v) is 3.33. The number of hydrogen-bond donors (Lipinski definition) is 1. The maximum atomic E-state index is 11.7. The number of rotatable bonds is 2. The molecule has 0 aromatic heterocycles. The summed E-state index contributed by atoms with van der Waals surface area (Å²) in [6, 6.07) is 13.1. The van der Waals surface area contributed by atoms with Gasteiger partial charge in [0.2, 0.25) is 0 Å². The van der Waals surface area contributed by atoms with E-state index < -0.39 is 11.9 Å². The van der Waals surface area contributed by atoms with Gasteiger partial charge in [0.1, 0.15) is 0 Å². The molecule has 0 saturated heterocycles. The molecule has 0 atom stereocenters. The van der Waals surface area contributed by atoms with Gasteiger partial charge in [-0.1, -0.05) is 17.7 Å². The van der Waals surface area contributed by atoms with E-state index in [4.69, 9.17) is 16.4 Å². The molecule has 2 rings (SSSR count). The SMILES string of the molecule is O=C(NOC(=O)c1cccc(I)c1)c1ccc(Cl)cc1. The van der Waals surface area contributed by atoms with Gasteiger partial charge in [-0.2, -0.15) is 5.48 Å². The molecule has 0 aliphatic rings. The molecule has 0 unspecified atom stereocenters. The lowest BCUT2D eigenvalue weighted by Crippen LogP contribution is -2.27. The monoisotopic (exact) mass is 401 g/mol. The lowest BCUT2D eigenvalue weighted by Gasteiger charge is -2.06. The molecule has 0 radical (unpaired) electrons. The summed E-state index contributed by atoms with van der Waals surface area (Å²) in [4.78, 5) is 28.2. The van der Waals surface area contributed by atoms with Crippen molar-refractivity contribution in [1.82, 2.24) is 5.48 Å². The zero-order valence-corrected chi connectivity index (χ0v) is 13.0. The molecule has 0 fully saturated rings. The van der Waals surface area contributed by atoms with Gasteiger partial charge in [-0.25, -0.2) is 4.79 Å². The third kappa shape index (κ3) is 3.94.